The summed E-state index contributed by atoms with van der Waals surface area (Å²) in [5.74, 6) is 1.79. The molecule has 30 heavy (non-hydrogen) atoms. The highest BCUT2D eigenvalue weighted by atomic mass is 16.3. The Balaban J connectivity index is 1.41. The molecule has 5 aliphatic rings. The summed E-state index contributed by atoms with van der Waals surface area (Å²) in [6, 6.07) is 0.0925. The maximum absolute atomic E-state index is 13.7. The Morgan fingerprint density at radius 2 is 2.00 bits per heavy atom. The molecule has 164 valence electrons. The summed E-state index contributed by atoms with van der Waals surface area (Å²) < 4.78 is 0. The molecule has 0 aromatic heterocycles. The highest BCUT2D eigenvalue weighted by Gasteiger charge is 2.49. The third-order valence-electron chi connectivity index (χ3n) is 8.93. The van der Waals surface area contributed by atoms with Crippen molar-refractivity contribution in [3.63, 3.8) is 0 Å². The van der Waals surface area contributed by atoms with Gasteiger partial charge in [0.2, 0.25) is 0 Å². The third-order valence-corrected chi connectivity index (χ3v) is 8.93. The van der Waals surface area contributed by atoms with Gasteiger partial charge in [-0.05, 0) is 76.2 Å². The van der Waals surface area contributed by atoms with Crippen molar-refractivity contribution in [2.75, 3.05) is 6.54 Å². The normalized spacial score (nSPS) is 42.5. The lowest BCUT2D eigenvalue weighted by atomic mass is 9.69. The van der Waals surface area contributed by atoms with Crippen LogP contribution in [0.2, 0.25) is 0 Å². The van der Waals surface area contributed by atoms with Crippen LogP contribution in [0.3, 0.4) is 0 Å². The molecule has 0 radical (unpaired) electrons. The number of fused-ring (bicyclic) bond motifs is 4. The molecule has 8 unspecified atom stereocenters. The summed E-state index contributed by atoms with van der Waals surface area (Å²) >= 11 is 0. The monoisotopic (exact) mass is 411 g/mol. The Kier molecular flexibility index (Phi) is 5.32. The van der Waals surface area contributed by atoms with Gasteiger partial charge in [0.15, 0.2) is 5.78 Å². The van der Waals surface area contributed by atoms with Crippen LogP contribution < -0.4 is 5.32 Å². The fraction of sp³-hybridized carbons (Fsp3) is 0.731. The van der Waals surface area contributed by atoms with E-state index in [0.717, 1.165) is 57.1 Å². The van der Waals surface area contributed by atoms with Crippen molar-refractivity contribution in [2.45, 2.75) is 84.0 Å². The molecular formula is C26H37NO3. The number of piperidine rings is 1. The van der Waals surface area contributed by atoms with Crippen LogP contribution in [0.1, 0.15) is 65.7 Å². The van der Waals surface area contributed by atoms with Crippen molar-refractivity contribution in [3.8, 4) is 0 Å². The second-order valence-electron chi connectivity index (χ2n) is 10.7. The smallest absolute Gasteiger partial charge is 0.167 e. The van der Waals surface area contributed by atoms with Crippen LogP contribution in [-0.2, 0) is 4.79 Å². The predicted molar refractivity (Wildman–Crippen MR) is 118 cm³/mol. The van der Waals surface area contributed by atoms with Crippen molar-refractivity contribution < 1.29 is 15.0 Å². The minimum atomic E-state index is -0.312. The van der Waals surface area contributed by atoms with Gasteiger partial charge in [-0.3, -0.25) is 4.79 Å². The van der Waals surface area contributed by atoms with Crippen LogP contribution in [0.15, 0.2) is 33.9 Å². The molecule has 0 aromatic rings. The number of rotatable bonds is 2. The van der Waals surface area contributed by atoms with Crippen molar-refractivity contribution in [2.24, 2.45) is 29.6 Å². The quantitative estimate of drug-likeness (QED) is 0.606. The molecule has 4 heteroatoms. The van der Waals surface area contributed by atoms with Gasteiger partial charge < -0.3 is 15.5 Å². The Bertz CT molecular complexity index is 837. The number of aliphatic hydroxyl groups excluding tert-OH is 2. The van der Waals surface area contributed by atoms with Gasteiger partial charge in [-0.15, -0.1) is 0 Å². The van der Waals surface area contributed by atoms with Crippen LogP contribution in [0.5, 0.6) is 0 Å². The van der Waals surface area contributed by atoms with Crippen molar-refractivity contribution in [3.05, 3.63) is 33.9 Å². The molecule has 0 amide bonds. The molecule has 3 N–H and O–H groups in total. The van der Waals surface area contributed by atoms with Crippen LogP contribution >= 0.6 is 0 Å². The largest absolute Gasteiger partial charge is 0.393 e. The average molecular weight is 412 g/mol. The molecule has 0 aromatic carbocycles. The van der Waals surface area contributed by atoms with Crippen molar-refractivity contribution in [1.29, 1.82) is 0 Å². The van der Waals surface area contributed by atoms with Gasteiger partial charge in [0.1, 0.15) is 0 Å². The fourth-order valence-corrected chi connectivity index (χ4v) is 7.40. The number of ketones is 1. The molecule has 1 saturated carbocycles. The molecule has 4 nitrogen and oxygen atoms in total. The maximum atomic E-state index is 13.7. The number of aliphatic hydroxyl groups is 2. The molecule has 1 heterocycles. The Labute approximate surface area is 180 Å². The summed E-state index contributed by atoms with van der Waals surface area (Å²) in [7, 11) is 0. The first kappa shape index (κ1) is 20.7. The third kappa shape index (κ3) is 3.18. The van der Waals surface area contributed by atoms with Gasteiger partial charge in [-0.2, -0.15) is 0 Å². The molecule has 2 fully saturated rings. The van der Waals surface area contributed by atoms with E-state index in [4.69, 9.17) is 0 Å². The van der Waals surface area contributed by atoms with Gasteiger partial charge in [-0.25, -0.2) is 0 Å². The van der Waals surface area contributed by atoms with Crippen LogP contribution in [0, 0.1) is 29.6 Å². The fourth-order valence-electron chi connectivity index (χ4n) is 7.40. The van der Waals surface area contributed by atoms with Crippen LogP contribution in [0.25, 0.3) is 0 Å². The lowest BCUT2D eigenvalue weighted by molar-refractivity contribution is -0.118. The summed E-state index contributed by atoms with van der Waals surface area (Å²) in [6.45, 7) is 7.58. The average Bonchev–Trinajstić information content (AvgIpc) is 3.01. The highest BCUT2D eigenvalue weighted by molar-refractivity contribution is 6.04. The van der Waals surface area contributed by atoms with E-state index in [9.17, 15) is 15.0 Å². The number of hydrogen-bond donors (Lipinski definition) is 3. The van der Waals surface area contributed by atoms with E-state index in [2.05, 4.69) is 32.2 Å². The maximum Gasteiger partial charge on any atom is 0.167 e. The van der Waals surface area contributed by atoms with Crippen LogP contribution in [0.4, 0.5) is 0 Å². The van der Waals surface area contributed by atoms with Gasteiger partial charge in [0, 0.05) is 23.5 Å². The molecular weight excluding hydrogens is 374 g/mol. The predicted octanol–water partition coefficient (Wildman–Crippen LogP) is 3.69. The Hall–Kier alpha value is -1.23. The van der Waals surface area contributed by atoms with Gasteiger partial charge in [0.05, 0.1) is 12.2 Å². The van der Waals surface area contributed by atoms with Crippen molar-refractivity contribution >= 4 is 5.78 Å². The number of Topliss-reactive ketones (excluding diaryl/α,β-unsaturated/α-hetero) is 1. The molecule has 8 atom stereocenters. The number of hydrogen-bond acceptors (Lipinski definition) is 4. The van der Waals surface area contributed by atoms with E-state index in [-0.39, 0.29) is 36.0 Å². The number of carbonyl (C=O) groups is 1. The lowest BCUT2D eigenvalue weighted by Crippen LogP contribution is -2.52. The summed E-state index contributed by atoms with van der Waals surface area (Å²) in [5, 5.41) is 24.4. The molecule has 0 bridgehead atoms. The first-order chi connectivity index (χ1) is 14.4. The van der Waals surface area contributed by atoms with Crippen molar-refractivity contribution in [1.82, 2.24) is 5.32 Å². The molecule has 5 rings (SSSR count). The van der Waals surface area contributed by atoms with Gasteiger partial charge in [0.25, 0.3) is 0 Å². The first-order valence-electron chi connectivity index (χ1n) is 12.1. The second-order valence-corrected chi connectivity index (χ2v) is 10.7. The van der Waals surface area contributed by atoms with Crippen LogP contribution in [-0.4, -0.2) is 40.8 Å². The molecule has 0 spiro atoms. The SMILES string of the molecule is CC1=C(C(C)C2NCC(C)CC2O)CCC2C3=C(C(=O)C12)C1CCC(O)CC1=CC3. The Morgan fingerprint density at radius 3 is 2.77 bits per heavy atom. The minimum Gasteiger partial charge on any atom is -0.393 e. The zero-order chi connectivity index (χ0) is 21.2. The summed E-state index contributed by atoms with van der Waals surface area (Å²) in [6.07, 6.45) is 8.10. The topological polar surface area (TPSA) is 69.6 Å². The number of allylic oxidation sites excluding steroid dienone is 4. The van der Waals surface area contributed by atoms with E-state index in [0.29, 0.717) is 17.6 Å². The lowest BCUT2D eigenvalue weighted by Gasteiger charge is -2.40. The zero-order valence-corrected chi connectivity index (χ0v) is 18.7. The standard InChI is InChI=1S/C26H37NO3/c1-13-10-22(29)25(27-12-13)15(3)18-8-9-20-21-6-4-16-11-17(28)5-7-19(16)24(21)26(30)23(20)14(18)2/h4,13,15,17,19-20,22-23,25,27-29H,5-12H2,1-3H3. The van der Waals surface area contributed by atoms with Gasteiger partial charge >= 0.3 is 0 Å². The number of nitrogens with one attached hydrogen (secondary N) is 1. The zero-order valence-electron chi connectivity index (χ0n) is 18.7. The first-order valence-corrected chi connectivity index (χ1v) is 12.1. The van der Waals surface area contributed by atoms with Gasteiger partial charge in [-0.1, -0.05) is 42.2 Å². The van der Waals surface area contributed by atoms with E-state index >= 15 is 0 Å². The summed E-state index contributed by atoms with van der Waals surface area (Å²) in [5.41, 5.74) is 6.52. The van der Waals surface area contributed by atoms with E-state index in [1.54, 1.807) is 0 Å². The molecule has 4 aliphatic carbocycles. The Morgan fingerprint density at radius 1 is 1.20 bits per heavy atom. The van der Waals surface area contributed by atoms with E-state index in [1.807, 2.05) is 0 Å². The van der Waals surface area contributed by atoms with E-state index < -0.39 is 0 Å². The molecule has 1 saturated heterocycles. The minimum absolute atomic E-state index is 0.0143. The van der Waals surface area contributed by atoms with E-state index in [1.165, 1.54) is 22.3 Å². The number of carbonyl (C=O) groups excluding carboxylic acids is 1. The second kappa shape index (κ2) is 7.72. The molecule has 1 aliphatic heterocycles. The summed E-state index contributed by atoms with van der Waals surface area (Å²) in [4.78, 5) is 13.7. The highest BCUT2D eigenvalue weighted by Crippen LogP contribution is 2.54.